The van der Waals surface area contributed by atoms with Crippen molar-refractivity contribution in [3.63, 3.8) is 0 Å². The van der Waals surface area contributed by atoms with Gasteiger partial charge in [0.15, 0.2) is 5.65 Å². The molecule has 3 aromatic rings. The summed E-state index contributed by atoms with van der Waals surface area (Å²) in [5.41, 5.74) is 2.21. The minimum absolute atomic E-state index is 0.623. The van der Waals surface area contributed by atoms with Crippen LogP contribution < -0.4 is 0 Å². The van der Waals surface area contributed by atoms with Crippen molar-refractivity contribution in [3.05, 3.63) is 41.8 Å². The van der Waals surface area contributed by atoms with E-state index in [0.29, 0.717) is 22.0 Å². The van der Waals surface area contributed by atoms with E-state index < -0.39 is 0 Å². The SMILES string of the molecule is Clc1cccc(-c2nc3[c]ncnc3[nH]2)c1. The van der Waals surface area contributed by atoms with Crippen LogP contribution in [0.2, 0.25) is 5.02 Å². The number of halogens is 1. The standard InChI is InChI=1S/C11H6ClN4/c12-8-3-1-2-7(4-8)10-15-9-5-13-6-14-11(9)16-10/h1-4,6H,(H,13,14,15,16). The van der Waals surface area contributed by atoms with E-state index in [-0.39, 0.29) is 0 Å². The van der Waals surface area contributed by atoms with Gasteiger partial charge in [0, 0.05) is 10.6 Å². The molecule has 0 aliphatic rings. The predicted molar refractivity (Wildman–Crippen MR) is 61.0 cm³/mol. The average molecular weight is 230 g/mol. The summed E-state index contributed by atoms with van der Waals surface area (Å²) in [7, 11) is 0. The molecule has 0 amide bonds. The Labute approximate surface area is 96.3 Å². The van der Waals surface area contributed by atoms with Gasteiger partial charge in [-0.15, -0.1) is 0 Å². The van der Waals surface area contributed by atoms with E-state index in [2.05, 4.69) is 26.1 Å². The summed E-state index contributed by atoms with van der Waals surface area (Å²) in [6, 6.07) is 7.46. The molecule has 0 aliphatic heterocycles. The fraction of sp³-hybridized carbons (Fsp3) is 0. The molecule has 0 saturated heterocycles. The molecule has 0 unspecified atom stereocenters. The van der Waals surface area contributed by atoms with Crippen molar-refractivity contribution in [3.8, 4) is 11.4 Å². The van der Waals surface area contributed by atoms with Crippen LogP contribution in [0.5, 0.6) is 0 Å². The summed E-state index contributed by atoms with van der Waals surface area (Å²) in [6.45, 7) is 0. The number of rotatable bonds is 1. The zero-order valence-corrected chi connectivity index (χ0v) is 8.86. The minimum Gasteiger partial charge on any atom is -0.322 e. The third kappa shape index (κ3) is 1.53. The highest BCUT2D eigenvalue weighted by atomic mass is 35.5. The Bertz CT molecular complexity index is 614. The largest absolute Gasteiger partial charge is 0.322 e. The molecule has 0 spiro atoms. The molecule has 2 heterocycles. The van der Waals surface area contributed by atoms with Crippen LogP contribution >= 0.6 is 11.6 Å². The van der Waals surface area contributed by atoms with Gasteiger partial charge >= 0.3 is 0 Å². The predicted octanol–water partition coefficient (Wildman–Crippen LogP) is 2.47. The van der Waals surface area contributed by atoms with Gasteiger partial charge in [-0.1, -0.05) is 23.7 Å². The number of fused-ring (bicyclic) bond motifs is 1. The highest BCUT2D eigenvalue weighted by molar-refractivity contribution is 6.30. The van der Waals surface area contributed by atoms with Gasteiger partial charge in [0.1, 0.15) is 23.9 Å². The lowest BCUT2D eigenvalue weighted by Crippen LogP contribution is -1.79. The van der Waals surface area contributed by atoms with E-state index in [4.69, 9.17) is 11.6 Å². The number of imidazole rings is 1. The summed E-state index contributed by atoms with van der Waals surface area (Å²) in [5, 5.41) is 0.674. The van der Waals surface area contributed by atoms with Crippen molar-refractivity contribution in [2.24, 2.45) is 0 Å². The normalized spacial score (nSPS) is 10.8. The van der Waals surface area contributed by atoms with Gasteiger partial charge in [0.05, 0.1) is 0 Å². The van der Waals surface area contributed by atoms with Crippen molar-refractivity contribution in [2.75, 3.05) is 0 Å². The van der Waals surface area contributed by atoms with Crippen LogP contribution in [0.25, 0.3) is 22.6 Å². The molecule has 0 saturated carbocycles. The number of nitrogens with one attached hydrogen (secondary N) is 1. The average Bonchev–Trinajstić information content (AvgIpc) is 2.72. The summed E-state index contributed by atoms with van der Waals surface area (Å²) in [6.07, 6.45) is 4.20. The monoisotopic (exact) mass is 229 g/mol. The van der Waals surface area contributed by atoms with Gasteiger partial charge in [0.2, 0.25) is 0 Å². The van der Waals surface area contributed by atoms with Crippen molar-refractivity contribution in [1.29, 1.82) is 0 Å². The van der Waals surface area contributed by atoms with Gasteiger partial charge < -0.3 is 4.98 Å². The number of H-pyrrole nitrogens is 1. The third-order valence-corrected chi connectivity index (χ3v) is 2.43. The van der Waals surface area contributed by atoms with E-state index in [1.807, 2.05) is 24.3 Å². The van der Waals surface area contributed by atoms with Gasteiger partial charge in [0.25, 0.3) is 0 Å². The second-order valence-electron chi connectivity index (χ2n) is 3.28. The summed E-state index contributed by atoms with van der Waals surface area (Å²) in [4.78, 5) is 15.3. The number of nitrogens with zero attached hydrogens (tertiary/aromatic N) is 3. The quantitative estimate of drug-likeness (QED) is 0.698. The van der Waals surface area contributed by atoms with Crippen LogP contribution in [0.1, 0.15) is 0 Å². The first-order chi connectivity index (χ1) is 7.83. The lowest BCUT2D eigenvalue weighted by Gasteiger charge is -1.95. The van der Waals surface area contributed by atoms with Crippen LogP contribution in [0.4, 0.5) is 0 Å². The molecule has 1 radical (unpaired) electrons. The molecule has 77 valence electrons. The van der Waals surface area contributed by atoms with Crippen molar-refractivity contribution < 1.29 is 0 Å². The third-order valence-electron chi connectivity index (χ3n) is 2.20. The number of aromatic amines is 1. The first kappa shape index (κ1) is 9.30. The minimum atomic E-state index is 0.623. The summed E-state index contributed by atoms with van der Waals surface area (Å²) < 4.78 is 0. The zero-order valence-electron chi connectivity index (χ0n) is 8.11. The molecule has 2 aromatic heterocycles. The molecule has 0 bridgehead atoms. The van der Waals surface area contributed by atoms with E-state index in [1.54, 1.807) is 0 Å². The van der Waals surface area contributed by atoms with Crippen LogP contribution in [0.3, 0.4) is 0 Å². The van der Waals surface area contributed by atoms with Crippen molar-refractivity contribution >= 4 is 22.8 Å². The van der Waals surface area contributed by atoms with Gasteiger partial charge in [-0.25, -0.2) is 15.0 Å². The first-order valence-corrected chi connectivity index (χ1v) is 5.05. The Morgan fingerprint density at radius 2 is 2.25 bits per heavy atom. The number of aromatic nitrogens is 4. The fourth-order valence-electron chi connectivity index (χ4n) is 1.48. The number of hydrogen-bond acceptors (Lipinski definition) is 3. The van der Waals surface area contributed by atoms with E-state index >= 15 is 0 Å². The van der Waals surface area contributed by atoms with Gasteiger partial charge in [-0.05, 0) is 12.1 Å². The fourth-order valence-corrected chi connectivity index (χ4v) is 1.67. The van der Waals surface area contributed by atoms with Crippen LogP contribution in [0.15, 0.2) is 30.6 Å². The Balaban J connectivity index is 2.19. The highest BCUT2D eigenvalue weighted by Gasteiger charge is 2.06. The van der Waals surface area contributed by atoms with Gasteiger partial charge in [-0.3, -0.25) is 0 Å². The molecule has 3 rings (SSSR count). The maximum atomic E-state index is 5.92. The van der Waals surface area contributed by atoms with Crippen molar-refractivity contribution in [2.45, 2.75) is 0 Å². The Morgan fingerprint density at radius 1 is 1.31 bits per heavy atom. The smallest absolute Gasteiger partial charge is 0.161 e. The molecule has 0 atom stereocenters. The topological polar surface area (TPSA) is 54.5 Å². The molecular weight excluding hydrogens is 224 g/mol. The van der Waals surface area contributed by atoms with Crippen LogP contribution in [-0.4, -0.2) is 19.9 Å². The molecule has 16 heavy (non-hydrogen) atoms. The number of benzene rings is 1. The first-order valence-electron chi connectivity index (χ1n) is 4.67. The van der Waals surface area contributed by atoms with Crippen LogP contribution in [0, 0.1) is 6.20 Å². The molecular formula is C11H6ClN4. The molecule has 5 heteroatoms. The lowest BCUT2D eigenvalue weighted by atomic mass is 10.2. The van der Waals surface area contributed by atoms with Gasteiger partial charge in [-0.2, -0.15) is 0 Å². The van der Waals surface area contributed by atoms with E-state index in [0.717, 1.165) is 5.56 Å². The second kappa shape index (κ2) is 3.57. The maximum Gasteiger partial charge on any atom is 0.161 e. The van der Waals surface area contributed by atoms with E-state index in [1.165, 1.54) is 6.33 Å². The summed E-state index contributed by atoms with van der Waals surface area (Å²) in [5.74, 6) is 0.717. The highest BCUT2D eigenvalue weighted by Crippen LogP contribution is 2.21. The zero-order chi connectivity index (χ0) is 11.0. The Morgan fingerprint density at radius 3 is 3.06 bits per heavy atom. The van der Waals surface area contributed by atoms with Crippen molar-refractivity contribution in [1.82, 2.24) is 19.9 Å². The second-order valence-corrected chi connectivity index (χ2v) is 3.71. The molecule has 0 fully saturated rings. The lowest BCUT2D eigenvalue weighted by molar-refractivity contribution is 1.19. The molecule has 0 aliphatic carbocycles. The Hall–Kier alpha value is -1.94. The van der Waals surface area contributed by atoms with Crippen LogP contribution in [-0.2, 0) is 0 Å². The molecule has 1 N–H and O–H groups in total. The van der Waals surface area contributed by atoms with E-state index in [9.17, 15) is 0 Å². The number of hydrogen-bond donors (Lipinski definition) is 1. The molecule has 4 nitrogen and oxygen atoms in total. The molecule has 1 aromatic carbocycles. The summed E-state index contributed by atoms with van der Waals surface area (Å²) >= 11 is 5.92. The Kier molecular flexibility index (Phi) is 2.08. The maximum absolute atomic E-state index is 5.92.